The van der Waals surface area contributed by atoms with Gasteiger partial charge < -0.3 is 9.47 Å². The van der Waals surface area contributed by atoms with Crippen LogP contribution in [0.3, 0.4) is 0 Å². The van der Waals surface area contributed by atoms with E-state index in [4.69, 9.17) is 9.47 Å². The molecule has 1 heterocycles. The van der Waals surface area contributed by atoms with Gasteiger partial charge in [0.15, 0.2) is 0 Å². The molecule has 1 saturated heterocycles. The Kier molecular flexibility index (Phi) is 4.67. The number of ether oxygens (including phenoxy) is 2. The largest absolute Gasteiger partial charge is 0.435 e. The van der Waals surface area contributed by atoms with E-state index in [1.165, 1.54) is 12.8 Å². The van der Waals surface area contributed by atoms with Crippen LogP contribution in [0.5, 0.6) is 0 Å². The highest BCUT2D eigenvalue weighted by Crippen LogP contribution is 2.37. The minimum Gasteiger partial charge on any atom is -0.435 e. The van der Waals surface area contributed by atoms with Crippen molar-refractivity contribution in [3.8, 4) is 0 Å². The molecule has 0 amide bonds. The lowest BCUT2D eigenvalue weighted by Crippen LogP contribution is -2.38. The summed E-state index contributed by atoms with van der Waals surface area (Å²) in [5.74, 6) is 1.72. The van der Waals surface area contributed by atoms with Crippen LogP contribution >= 0.6 is 0 Å². The van der Waals surface area contributed by atoms with Gasteiger partial charge in [0.1, 0.15) is 0 Å². The maximum absolute atomic E-state index is 11.4. The Morgan fingerprint density at radius 3 is 2.79 bits per heavy atom. The highest BCUT2D eigenvalue weighted by molar-refractivity contribution is 5.72. The predicted molar refractivity (Wildman–Crippen MR) is 74.4 cm³/mol. The van der Waals surface area contributed by atoms with Crippen molar-refractivity contribution in [1.82, 2.24) is 0 Å². The predicted octanol–water partition coefficient (Wildman–Crippen LogP) is 3.54. The molecule has 1 aliphatic carbocycles. The summed E-state index contributed by atoms with van der Waals surface area (Å²) in [5, 5.41) is 0. The smallest absolute Gasteiger partial charge is 0.308 e. The van der Waals surface area contributed by atoms with Gasteiger partial charge in [-0.05, 0) is 30.6 Å². The average Bonchev–Trinajstić information content (AvgIpc) is 2.69. The fourth-order valence-electron chi connectivity index (χ4n) is 3.32. The molecule has 3 nitrogen and oxygen atoms in total. The molecule has 5 atom stereocenters. The minimum absolute atomic E-state index is 0.0116. The van der Waals surface area contributed by atoms with Crippen LogP contribution < -0.4 is 0 Å². The van der Waals surface area contributed by atoms with E-state index >= 15 is 0 Å². The summed E-state index contributed by atoms with van der Waals surface area (Å²) in [6.07, 6.45) is 5.54. The summed E-state index contributed by atoms with van der Waals surface area (Å²) in [6.45, 7) is 10.6. The van der Waals surface area contributed by atoms with Crippen molar-refractivity contribution >= 4 is 5.97 Å². The fourth-order valence-corrected chi connectivity index (χ4v) is 3.32. The lowest BCUT2D eigenvalue weighted by atomic mass is 9.75. The summed E-state index contributed by atoms with van der Waals surface area (Å²) < 4.78 is 11.5. The van der Waals surface area contributed by atoms with Crippen molar-refractivity contribution in [1.29, 1.82) is 0 Å². The van der Waals surface area contributed by atoms with Gasteiger partial charge in [-0.1, -0.05) is 33.3 Å². The van der Waals surface area contributed by atoms with Crippen LogP contribution in [0, 0.1) is 23.7 Å². The van der Waals surface area contributed by atoms with Crippen molar-refractivity contribution < 1.29 is 14.3 Å². The number of carbonyl (C=O) groups is 1. The molecular formula is C16H26O3. The Bertz CT molecular complexity index is 337. The van der Waals surface area contributed by atoms with Gasteiger partial charge in [0, 0.05) is 5.92 Å². The number of carbonyl (C=O) groups excluding carboxylic acids is 1. The minimum atomic E-state index is -0.415. The van der Waals surface area contributed by atoms with Gasteiger partial charge in [-0.25, -0.2) is 0 Å². The highest BCUT2D eigenvalue weighted by atomic mass is 16.7. The molecule has 0 bridgehead atoms. The highest BCUT2D eigenvalue weighted by Gasteiger charge is 2.39. The van der Waals surface area contributed by atoms with Crippen LogP contribution in [-0.2, 0) is 14.3 Å². The molecule has 0 spiro atoms. The molecule has 1 aliphatic heterocycles. The summed E-state index contributed by atoms with van der Waals surface area (Å²) in [4.78, 5) is 11.4. The second-order valence-corrected chi connectivity index (χ2v) is 6.46. The van der Waals surface area contributed by atoms with Gasteiger partial charge in [-0.3, -0.25) is 4.79 Å². The first-order chi connectivity index (χ1) is 9.01. The molecule has 0 aromatic rings. The molecule has 3 heteroatoms. The van der Waals surface area contributed by atoms with Crippen molar-refractivity contribution in [3.05, 3.63) is 12.7 Å². The van der Waals surface area contributed by atoms with Crippen LogP contribution in [0.15, 0.2) is 12.7 Å². The average molecular weight is 266 g/mol. The van der Waals surface area contributed by atoms with E-state index in [0.717, 1.165) is 6.42 Å². The molecule has 2 fully saturated rings. The molecule has 0 aromatic carbocycles. The molecule has 1 saturated carbocycles. The molecule has 2 rings (SSSR count). The fraction of sp³-hybridized carbons (Fsp3) is 0.812. The Morgan fingerprint density at radius 2 is 2.16 bits per heavy atom. The van der Waals surface area contributed by atoms with E-state index in [0.29, 0.717) is 24.2 Å². The normalized spacial score (nSPS) is 39.4. The second kappa shape index (κ2) is 6.08. The first-order valence-electron chi connectivity index (χ1n) is 7.48. The van der Waals surface area contributed by atoms with E-state index in [1.54, 1.807) is 6.08 Å². The zero-order valence-corrected chi connectivity index (χ0v) is 12.3. The third-order valence-electron chi connectivity index (χ3n) is 4.57. The molecule has 108 valence electrons. The van der Waals surface area contributed by atoms with Gasteiger partial charge in [0.05, 0.1) is 12.5 Å². The third-order valence-corrected chi connectivity index (χ3v) is 4.57. The van der Waals surface area contributed by atoms with E-state index < -0.39 is 6.29 Å². The summed E-state index contributed by atoms with van der Waals surface area (Å²) in [5.41, 5.74) is 0. The van der Waals surface area contributed by atoms with Crippen molar-refractivity contribution in [2.24, 2.45) is 23.7 Å². The molecular weight excluding hydrogens is 240 g/mol. The summed E-state index contributed by atoms with van der Waals surface area (Å²) >= 11 is 0. The first kappa shape index (κ1) is 14.6. The van der Waals surface area contributed by atoms with Gasteiger partial charge in [-0.15, -0.1) is 6.58 Å². The molecule has 0 radical (unpaired) electrons. The van der Waals surface area contributed by atoms with Gasteiger partial charge in [0.2, 0.25) is 6.29 Å². The van der Waals surface area contributed by atoms with E-state index in [1.807, 2.05) is 0 Å². The van der Waals surface area contributed by atoms with Gasteiger partial charge in [0.25, 0.3) is 0 Å². The Hall–Kier alpha value is -0.830. The zero-order chi connectivity index (χ0) is 14.0. The summed E-state index contributed by atoms with van der Waals surface area (Å²) in [7, 11) is 0. The van der Waals surface area contributed by atoms with Crippen LogP contribution in [0.2, 0.25) is 0 Å². The van der Waals surface area contributed by atoms with Crippen molar-refractivity contribution in [2.75, 3.05) is 0 Å². The Labute approximate surface area is 116 Å². The Morgan fingerprint density at radius 1 is 1.42 bits per heavy atom. The van der Waals surface area contributed by atoms with Crippen molar-refractivity contribution in [3.63, 3.8) is 0 Å². The Balaban J connectivity index is 2.02. The van der Waals surface area contributed by atoms with Crippen LogP contribution in [0.25, 0.3) is 0 Å². The topological polar surface area (TPSA) is 35.5 Å². The molecule has 0 N–H and O–H groups in total. The van der Waals surface area contributed by atoms with Crippen LogP contribution in [0.1, 0.15) is 46.5 Å². The quantitative estimate of drug-likeness (QED) is 0.576. The van der Waals surface area contributed by atoms with E-state index in [2.05, 4.69) is 27.4 Å². The van der Waals surface area contributed by atoms with E-state index in [9.17, 15) is 4.79 Å². The molecule has 0 unspecified atom stereocenters. The number of cyclic esters (lactones) is 1. The first-order valence-corrected chi connectivity index (χ1v) is 7.48. The summed E-state index contributed by atoms with van der Waals surface area (Å²) in [6, 6.07) is 0. The maximum atomic E-state index is 11.4. The SMILES string of the molecule is C=C[C@H]1CC(=O)O[C@@H]1O[C@H]1C[C@@H](C)CC[C@@H]1C(C)C. The van der Waals surface area contributed by atoms with Crippen LogP contribution in [-0.4, -0.2) is 18.4 Å². The maximum Gasteiger partial charge on any atom is 0.308 e. The number of esters is 1. The monoisotopic (exact) mass is 266 g/mol. The lowest BCUT2D eigenvalue weighted by molar-refractivity contribution is -0.192. The van der Waals surface area contributed by atoms with Crippen LogP contribution in [0.4, 0.5) is 0 Å². The number of rotatable bonds is 4. The molecule has 19 heavy (non-hydrogen) atoms. The van der Waals surface area contributed by atoms with Crippen molar-refractivity contribution in [2.45, 2.75) is 58.8 Å². The lowest BCUT2D eigenvalue weighted by Gasteiger charge is -2.38. The number of hydrogen-bond acceptors (Lipinski definition) is 3. The van der Waals surface area contributed by atoms with Gasteiger partial charge >= 0.3 is 5.97 Å². The molecule has 0 aromatic heterocycles. The second-order valence-electron chi connectivity index (χ2n) is 6.46. The zero-order valence-electron chi connectivity index (χ0n) is 12.3. The number of hydrogen-bond donors (Lipinski definition) is 0. The van der Waals surface area contributed by atoms with Gasteiger partial charge in [-0.2, -0.15) is 0 Å². The standard InChI is InChI=1S/C16H26O3/c1-5-12-9-15(17)19-16(12)18-14-8-11(4)6-7-13(14)10(2)3/h5,10-14,16H,1,6-9H2,2-4H3/t11-,12-,13+,14-,16-/m0/s1. The molecule has 2 aliphatic rings. The van der Waals surface area contributed by atoms with E-state index in [-0.39, 0.29) is 18.0 Å². The third kappa shape index (κ3) is 3.38.